The van der Waals surface area contributed by atoms with E-state index in [4.69, 9.17) is 22.1 Å². The number of anilines is 1. The van der Waals surface area contributed by atoms with E-state index in [-0.39, 0.29) is 18.3 Å². The van der Waals surface area contributed by atoms with E-state index in [0.717, 1.165) is 11.3 Å². The second-order valence-electron chi connectivity index (χ2n) is 4.48. The van der Waals surface area contributed by atoms with Gasteiger partial charge in [0.05, 0.1) is 29.9 Å². The van der Waals surface area contributed by atoms with Gasteiger partial charge in [-0.15, -0.1) is 23.7 Å². The molecule has 1 amide bonds. The van der Waals surface area contributed by atoms with Gasteiger partial charge in [-0.05, 0) is 24.6 Å². The lowest BCUT2D eigenvalue weighted by molar-refractivity contribution is 0.0948. The number of carbonyl (C=O) groups is 1. The fourth-order valence-electron chi connectivity index (χ4n) is 1.89. The third-order valence-corrected chi connectivity index (χ3v) is 4.61. The quantitative estimate of drug-likeness (QED) is 0.794. The van der Waals surface area contributed by atoms with Crippen molar-refractivity contribution >= 4 is 46.9 Å². The number of nitrogen functional groups attached to an aromatic ring is 1. The number of nitrogens with one attached hydrogen (secondary N) is 1. The molecular weight excluding hydrogens is 343 g/mol. The number of rotatable bonds is 5. The maximum absolute atomic E-state index is 12.3. The van der Waals surface area contributed by atoms with Crippen LogP contribution in [0.3, 0.4) is 0 Å². The van der Waals surface area contributed by atoms with Gasteiger partial charge in [-0.1, -0.05) is 18.5 Å². The minimum atomic E-state index is -0.236. The molecule has 0 radical (unpaired) electrons. The Labute approximate surface area is 145 Å². The smallest absolute Gasteiger partial charge is 0.255 e. The van der Waals surface area contributed by atoms with Crippen LogP contribution >= 0.6 is 35.3 Å². The van der Waals surface area contributed by atoms with Gasteiger partial charge in [0.2, 0.25) is 0 Å². The van der Waals surface area contributed by atoms with E-state index in [1.165, 1.54) is 18.1 Å². The summed E-state index contributed by atoms with van der Waals surface area (Å²) in [4.78, 5) is 14.7. The van der Waals surface area contributed by atoms with E-state index in [2.05, 4.69) is 18.3 Å². The number of benzene rings is 1. The molecule has 2 rings (SSSR count). The number of halogens is 2. The van der Waals surface area contributed by atoms with Crippen molar-refractivity contribution in [3.63, 3.8) is 0 Å². The summed E-state index contributed by atoms with van der Waals surface area (Å²) in [5, 5.41) is 3.20. The van der Waals surface area contributed by atoms with Crippen LogP contribution in [0.1, 0.15) is 27.0 Å². The molecule has 0 spiro atoms. The van der Waals surface area contributed by atoms with Crippen molar-refractivity contribution in [2.45, 2.75) is 19.9 Å². The number of hydrogen-bond donors (Lipinski definition) is 2. The zero-order valence-corrected chi connectivity index (χ0v) is 14.7. The zero-order chi connectivity index (χ0) is 15.4. The maximum Gasteiger partial charge on any atom is 0.255 e. The lowest BCUT2D eigenvalue weighted by Gasteiger charge is -2.10. The molecule has 0 aliphatic heterocycles. The van der Waals surface area contributed by atoms with Gasteiger partial charge in [-0.25, -0.2) is 0 Å². The van der Waals surface area contributed by atoms with Crippen LogP contribution in [0.4, 0.5) is 5.69 Å². The Morgan fingerprint density at radius 2 is 2.05 bits per heavy atom. The van der Waals surface area contributed by atoms with Crippen LogP contribution in [-0.4, -0.2) is 13.0 Å². The van der Waals surface area contributed by atoms with Crippen LogP contribution < -0.4 is 15.8 Å². The van der Waals surface area contributed by atoms with Gasteiger partial charge in [-0.3, -0.25) is 4.79 Å². The van der Waals surface area contributed by atoms with Gasteiger partial charge in [0, 0.05) is 15.8 Å². The fourth-order valence-corrected chi connectivity index (χ4v) is 2.95. The largest absolute Gasteiger partial charge is 0.496 e. The average Bonchev–Trinajstić information content (AvgIpc) is 2.95. The van der Waals surface area contributed by atoms with Gasteiger partial charge in [0.15, 0.2) is 0 Å². The van der Waals surface area contributed by atoms with Crippen molar-refractivity contribution in [1.29, 1.82) is 0 Å². The molecule has 4 nitrogen and oxygen atoms in total. The SMILES string of the molecule is CCc1ccc(CNC(=O)c2cc(Cl)c(N)cc2OC)s1.Cl. The van der Waals surface area contributed by atoms with E-state index >= 15 is 0 Å². The molecule has 0 bridgehead atoms. The number of amides is 1. The Balaban J connectivity index is 0.00000242. The Kier molecular flexibility index (Phi) is 7.00. The summed E-state index contributed by atoms with van der Waals surface area (Å²) in [7, 11) is 1.49. The molecule has 0 aliphatic carbocycles. The molecule has 0 unspecified atom stereocenters. The van der Waals surface area contributed by atoms with E-state index in [9.17, 15) is 4.79 Å². The standard InChI is InChI=1S/C15H17ClN2O2S.ClH/c1-3-9-4-5-10(21-9)8-18-15(19)11-6-12(16)13(17)7-14(11)20-2;/h4-7H,3,8,17H2,1-2H3,(H,18,19);1H. The summed E-state index contributed by atoms with van der Waals surface area (Å²) in [5.41, 5.74) is 6.47. The number of thiophene rings is 1. The molecule has 120 valence electrons. The van der Waals surface area contributed by atoms with Crippen LogP contribution in [0, 0.1) is 0 Å². The maximum atomic E-state index is 12.3. The number of methoxy groups -OCH3 is 1. The zero-order valence-electron chi connectivity index (χ0n) is 12.3. The Morgan fingerprint density at radius 3 is 2.64 bits per heavy atom. The second-order valence-corrected chi connectivity index (χ2v) is 6.14. The molecule has 2 aromatic rings. The summed E-state index contributed by atoms with van der Waals surface area (Å²) in [6, 6.07) is 7.18. The van der Waals surface area contributed by atoms with Crippen molar-refractivity contribution in [1.82, 2.24) is 5.32 Å². The molecule has 1 aromatic carbocycles. The van der Waals surface area contributed by atoms with E-state index in [1.807, 2.05) is 6.07 Å². The molecule has 0 atom stereocenters. The monoisotopic (exact) mass is 360 g/mol. The molecule has 0 saturated carbocycles. The predicted octanol–water partition coefficient (Wildman–Crippen LogP) is 3.91. The summed E-state index contributed by atoms with van der Waals surface area (Å²) in [5.74, 6) is 0.176. The summed E-state index contributed by atoms with van der Waals surface area (Å²) in [6.07, 6.45) is 1.00. The van der Waals surface area contributed by atoms with Gasteiger partial charge < -0.3 is 15.8 Å². The average molecular weight is 361 g/mol. The second kappa shape index (κ2) is 8.27. The lowest BCUT2D eigenvalue weighted by Crippen LogP contribution is -2.23. The molecule has 0 fully saturated rings. The first-order valence-electron chi connectivity index (χ1n) is 6.54. The van der Waals surface area contributed by atoms with Crippen molar-refractivity contribution in [3.05, 3.63) is 44.6 Å². The van der Waals surface area contributed by atoms with Gasteiger partial charge in [0.25, 0.3) is 5.91 Å². The molecule has 7 heteroatoms. The first-order chi connectivity index (χ1) is 10.0. The van der Waals surface area contributed by atoms with Gasteiger partial charge in [-0.2, -0.15) is 0 Å². The van der Waals surface area contributed by atoms with E-state index in [0.29, 0.717) is 28.6 Å². The Morgan fingerprint density at radius 1 is 1.36 bits per heavy atom. The van der Waals surface area contributed by atoms with Gasteiger partial charge in [0.1, 0.15) is 5.75 Å². The summed E-state index contributed by atoms with van der Waals surface area (Å²) >= 11 is 7.66. The third-order valence-electron chi connectivity index (χ3n) is 3.05. The fraction of sp³-hybridized carbons (Fsp3) is 0.267. The number of carbonyl (C=O) groups excluding carboxylic acids is 1. The third kappa shape index (κ3) is 4.29. The molecule has 3 N–H and O–H groups in total. The predicted molar refractivity (Wildman–Crippen MR) is 94.5 cm³/mol. The van der Waals surface area contributed by atoms with Crippen molar-refractivity contribution in [2.24, 2.45) is 0 Å². The number of hydrogen-bond acceptors (Lipinski definition) is 4. The molecule has 0 aliphatic rings. The Bertz CT molecular complexity index is 659. The van der Waals surface area contributed by atoms with Crippen molar-refractivity contribution < 1.29 is 9.53 Å². The highest BCUT2D eigenvalue weighted by atomic mass is 35.5. The highest BCUT2D eigenvalue weighted by Gasteiger charge is 2.15. The van der Waals surface area contributed by atoms with Crippen LogP contribution in [0.15, 0.2) is 24.3 Å². The molecule has 22 heavy (non-hydrogen) atoms. The Hall–Kier alpha value is -1.43. The number of aryl methyl sites for hydroxylation is 1. The van der Waals surface area contributed by atoms with E-state index in [1.54, 1.807) is 17.4 Å². The lowest BCUT2D eigenvalue weighted by atomic mass is 10.1. The summed E-state index contributed by atoms with van der Waals surface area (Å²) < 4.78 is 5.18. The minimum absolute atomic E-state index is 0. The highest BCUT2D eigenvalue weighted by molar-refractivity contribution is 7.11. The van der Waals surface area contributed by atoms with Crippen molar-refractivity contribution in [3.8, 4) is 5.75 Å². The van der Waals surface area contributed by atoms with E-state index < -0.39 is 0 Å². The first-order valence-corrected chi connectivity index (χ1v) is 7.73. The molecular formula is C15H18Cl2N2O2S. The molecule has 1 heterocycles. The topological polar surface area (TPSA) is 64.4 Å². The van der Waals surface area contributed by atoms with Crippen molar-refractivity contribution in [2.75, 3.05) is 12.8 Å². The highest BCUT2D eigenvalue weighted by Crippen LogP contribution is 2.28. The normalized spacial score (nSPS) is 9.95. The minimum Gasteiger partial charge on any atom is -0.496 e. The number of nitrogens with two attached hydrogens (primary N) is 1. The molecule has 1 aromatic heterocycles. The first kappa shape index (κ1) is 18.6. The van der Waals surface area contributed by atoms with Crippen LogP contribution in [0.25, 0.3) is 0 Å². The van der Waals surface area contributed by atoms with Crippen LogP contribution in [0.5, 0.6) is 5.75 Å². The van der Waals surface area contributed by atoms with Gasteiger partial charge >= 0.3 is 0 Å². The van der Waals surface area contributed by atoms with Crippen LogP contribution in [-0.2, 0) is 13.0 Å². The summed E-state index contributed by atoms with van der Waals surface area (Å²) in [6.45, 7) is 2.59. The number of ether oxygens (including phenoxy) is 1. The van der Waals surface area contributed by atoms with Crippen LogP contribution in [0.2, 0.25) is 5.02 Å². The molecule has 0 saturated heterocycles.